The highest BCUT2D eigenvalue weighted by Gasteiger charge is 2.26. The minimum Gasteiger partial charge on any atom is -0.480 e. The Morgan fingerprint density at radius 1 is 1.22 bits per heavy atom. The molecular weight excluding hydrogens is 350 g/mol. The van der Waals surface area contributed by atoms with Crippen LogP contribution in [0.5, 0.6) is 0 Å². The maximum absolute atomic E-state index is 12.5. The third kappa shape index (κ3) is 9.05. The van der Waals surface area contributed by atoms with E-state index in [0.717, 1.165) is 0 Å². The quantitative estimate of drug-likeness (QED) is 0.321. The first-order valence-corrected chi connectivity index (χ1v) is 9.08. The van der Waals surface area contributed by atoms with Gasteiger partial charge in [-0.05, 0) is 56.4 Å². The summed E-state index contributed by atoms with van der Waals surface area (Å²) in [5, 5.41) is 14.4. The van der Waals surface area contributed by atoms with E-state index >= 15 is 0 Å². The largest absolute Gasteiger partial charge is 0.480 e. The summed E-state index contributed by atoms with van der Waals surface area (Å²) in [7, 11) is 0. The van der Waals surface area contributed by atoms with E-state index < -0.39 is 29.9 Å². The van der Waals surface area contributed by atoms with Crippen LogP contribution in [-0.2, 0) is 14.4 Å². The Labute approximate surface area is 159 Å². The van der Waals surface area contributed by atoms with Gasteiger partial charge in [-0.25, -0.2) is 4.79 Å². The molecule has 1 aromatic rings. The molecule has 0 saturated carbocycles. The van der Waals surface area contributed by atoms with Gasteiger partial charge in [-0.2, -0.15) is 0 Å². The zero-order chi connectivity index (χ0) is 20.2. The Morgan fingerprint density at radius 2 is 1.96 bits per heavy atom. The normalized spacial score (nSPS) is 13.5. The summed E-state index contributed by atoms with van der Waals surface area (Å²) in [6.45, 7) is 4.23. The lowest BCUT2D eigenvalue weighted by Crippen LogP contribution is -2.51. The number of hydrogen-bond donors (Lipinski definition) is 4. The molecule has 0 spiro atoms. The first-order chi connectivity index (χ1) is 12.8. The van der Waals surface area contributed by atoms with Gasteiger partial charge in [0.05, 0.1) is 6.26 Å². The molecule has 8 heteroatoms. The van der Waals surface area contributed by atoms with Crippen LogP contribution in [0, 0.1) is 5.92 Å². The Bertz CT molecular complexity index is 625. The number of aliphatic carboxylic acids is 1. The van der Waals surface area contributed by atoms with Crippen LogP contribution < -0.4 is 16.4 Å². The second-order valence-corrected chi connectivity index (χ2v) is 6.72. The first kappa shape index (κ1) is 22.4. The van der Waals surface area contributed by atoms with Crippen LogP contribution in [0.25, 0.3) is 6.08 Å². The lowest BCUT2D eigenvalue weighted by atomic mass is 10.0. The van der Waals surface area contributed by atoms with E-state index in [4.69, 9.17) is 10.2 Å². The summed E-state index contributed by atoms with van der Waals surface area (Å²) < 4.78 is 5.11. The Kier molecular flexibility index (Phi) is 9.89. The highest BCUT2D eigenvalue weighted by Crippen LogP contribution is 2.08. The van der Waals surface area contributed by atoms with E-state index in [1.807, 2.05) is 13.8 Å². The van der Waals surface area contributed by atoms with Crippen LogP contribution in [0.3, 0.4) is 0 Å². The van der Waals surface area contributed by atoms with Crippen molar-refractivity contribution >= 4 is 23.9 Å². The minimum absolute atomic E-state index is 0.105. The average Bonchev–Trinajstić information content (AvgIpc) is 3.11. The lowest BCUT2D eigenvalue weighted by Gasteiger charge is -2.22. The Morgan fingerprint density at radius 3 is 2.52 bits per heavy atom. The van der Waals surface area contributed by atoms with Gasteiger partial charge in [-0.1, -0.05) is 13.8 Å². The predicted octanol–water partition coefficient (Wildman–Crippen LogP) is 1.52. The van der Waals surface area contributed by atoms with Gasteiger partial charge in [0.1, 0.15) is 17.8 Å². The van der Waals surface area contributed by atoms with Gasteiger partial charge in [0.15, 0.2) is 0 Å². The lowest BCUT2D eigenvalue weighted by molar-refractivity contribution is -0.142. The maximum atomic E-state index is 12.5. The SMILES string of the molecule is CC(C)C[C@H](NC(=O)[C@@H](CCCCN)NC(=O)/C=C/c1ccco1)C(=O)O. The van der Waals surface area contributed by atoms with Crippen molar-refractivity contribution in [2.45, 2.75) is 51.6 Å². The molecule has 0 aliphatic carbocycles. The van der Waals surface area contributed by atoms with Crippen molar-refractivity contribution in [2.75, 3.05) is 6.54 Å². The van der Waals surface area contributed by atoms with Crippen molar-refractivity contribution in [3.8, 4) is 0 Å². The molecule has 2 atom stereocenters. The van der Waals surface area contributed by atoms with Gasteiger partial charge in [0, 0.05) is 6.08 Å². The van der Waals surface area contributed by atoms with Crippen LogP contribution in [0.4, 0.5) is 0 Å². The number of carboxylic acids is 1. The van der Waals surface area contributed by atoms with Crippen molar-refractivity contribution in [1.82, 2.24) is 10.6 Å². The number of nitrogens with one attached hydrogen (secondary N) is 2. The summed E-state index contributed by atoms with van der Waals surface area (Å²) in [5.41, 5.74) is 5.48. The molecule has 0 aliphatic heterocycles. The standard InChI is InChI=1S/C19H29N3O5/c1-13(2)12-16(19(25)26)22-18(24)15(7-3-4-10-20)21-17(23)9-8-14-6-5-11-27-14/h5-6,8-9,11,13,15-16H,3-4,7,10,12,20H2,1-2H3,(H,21,23)(H,22,24)(H,25,26)/b9-8+/t15-,16+/m1/s1. The minimum atomic E-state index is -1.10. The van der Waals surface area contributed by atoms with Crippen molar-refractivity contribution < 1.29 is 23.9 Å². The van der Waals surface area contributed by atoms with Crippen LogP contribution in [0.2, 0.25) is 0 Å². The fraction of sp³-hybridized carbons (Fsp3) is 0.526. The monoisotopic (exact) mass is 379 g/mol. The van der Waals surface area contributed by atoms with Crippen molar-refractivity contribution in [3.05, 3.63) is 30.2 Å². The third-order valence-electron chi connectivity index (χ3n) is 3.84. The van der Waals surface area contributed by atoms with E-state index in [2.05, 4.69) is 10.6 Å². The molecule has 1 rings (SSSR count). The topological polar surface area (TPSA) is 135 Å². The number of nitrogens with two attached hydrogens (primary N) is 1. The second-order valence-electron chi connectivity index (χ2n) is 6.72. The van der Waals surface area contributed by atoms with Crippen LogP contribution in [0.15, 0.2) is 28.9 Å². The predicted molar refractivity (Wildman–Crippen MR) is 102 cm³/mol. The molecule has 0 bridgehead atoms. The molecule has 5 N–H and O–H groups in total. The second kappa shape index (κ2) is 11.9. The summed E-state index contributed by atoms with van der Waals surface area (Å²) in [6.07, 6.45) is 6.27. The first-order valence-electron chi connectivity index (χ1n) is 9.08. The molecule has 0 aromatic carbocycles. The van der Waals surface area contributed by atoms with E-state index in [1.165, 1.54) is 18.4 Å². The number of rotatable bonds is 12. The van der Waals surface area contributed by atoms with E-state index in [0.29, 0.717) is 38.0 Å². The highest BCUT2D eigenvalue weighted by atomic mass is 16.4. The van der Waals surface area contributed by atoms with Crippen molar-refractivity contribution in [1.29, 1.82) is 0 Å². The fourth-order valence-electron chi connectivity index (χ4n) is 2.49. The van der Waals surface area contributed by atoms with Gasteiger partial charge in [0.2, 0.25) is 11.8 Å². The number of carbonyl (C=O) groups is 3. The van der Waals surface area contributed by atoms with Crippen molar-refractivity contribution in [3.63, 3.8) is 0 Å². The summed E-state index contributed by atoms with van der Waals surface area (Å²) in [6, 6.07) is 1.56. The Balaban J connectivity index is 2.74. The molecular formula is C19H29N3O5. The summed E-state index contributed by atoms with van der Waals surface area (Å²) in [5.74, 6) is -1.46. The summed E-state index contributed by atoms with van der Waals surface area (Å²) >= 11 is 0. The molecule has 0 unspecified atom stereocenters. The fourth-order valence-corrected chi connectivity index (χ4v) is 2.49. The molecule has 2 amide bonds. The molecule has 0 fully saturated rings. The molecule has 0 radical (unpaired) electrons. The van der Waals surface area contributed by atoms with E-state index in [1.54, 1.807) is 12.1 Å². The number of furan rings is 1. The zero-order valence-corrected chi connectivity index (χ0v) is 15.8. The molecule has 0 saturated heterocycles. The van der Waals surface area contributed by atoms with Gasteiger partial charge >= 0.3 is 5.97 Å². The maximum Gasteiger partial charge on any atom is 0.326 e. The smallest absolute Gasteiger partial charge is 0.326 e. The third-order valence-corrected chi connectivity index (χ3v) is 3.84. The van der Waals surface area contributed by atoms with Crippen LogP contribution >= 0.6 is 0 Å². The number of amides is 2. The number of carboxylic acid groups (broad SMARTS) is 1. The number of unbranched alkanes of at least 4 members (excludes halogenated alkanes) is 1. The van der Waals surface area contributed by atoms with Crippen LogP contribution in [-0.4, -0.2) is 41.5 Å². The van der Waals surface area contributed by atoms with Gasteiger partial charge in [-0.3, -0.25) is 9.59 Å². The highest BCUT2D eigenvalue weighted by molar-refractivity contribution is 5.96. The van der Waals surface area contributed by atoms with Gasteiger partial charge < -0.3 is 25.9 Å². The molecule has 1 aromatic heterocycles. The van der Waals surface area contributed by atoms with Crippen LogP contribution in [0.1, 0.15) is 45.3 Å². The van der Waals surface area contributed by atoms with Gasteiger partial charge in [0.25, 0.3) is 0 Å². The molecule has 0 aliphatic rings. The molecule has 8 nitrogen and oxygen atoms in total. The number of hydrogen-bond acceptors (Lipinski definition) is 5. The Hall–Kier alpha value is -2.61. The molecule has 1 heterocycles. The zero-order valence-electron chi connectivity index (χ0n) is 15.8. The summed E-state index contributed by atoms with van der Waals surface area (Å²) in [4.78, 5) is 36.0. The van der Waals surface area contributed by atoms with E-state index in [-0.39, 0.29) is 5.92 Å². The molecule has 27 heavy (non-hydrogen) atoms. The average molecular weight is 379 g/mol. The number of carbonyl (C=O) groups excluding carboxylic acids is 2. The van der Waals surface area contributed by atoms with E-state index in [9.17, 15) is 19.5 Å². The van der Waals surface area contributed by atoms with Crippen molar-refractivity contribution in [2.24, 2.45) is 11.7 Å². The van der Waals surface area contributed by atoms with Gasteiger partial charge in [-0.15, -0.1) is 0 Å². The molecule has 150 valence electrons.